The number of nitrogens with zero attached hydrogens (tertiary/aromatic N) is 3. The molecule has 32 heavy (non-hydrogen) atoms. The zero-order valence-electron chi connectivity index (χ0n) is 17.4. The topological polar surface area (TPSA) is 64.4 Å². The van der Waals surface area contributed by atoms with Gasteiger partial charge in [0.2, 0.25) is 5.43 Å². The van der Waals surface area contributed by atoms with Crippen molar-refractivity contribution in [1.29, 1.82) is 0 Å². The standard InChI is InChI=1S/C23H20F3N3O3/c1-14-8-9-20-18(12-14)28(10-5-11-32-20)22(31)21-19(30)13-15(2)29(27-21)17-7-4-3-6-16(17)23(24,25)26/h3-4,6-9,12-13H,5,10-11H2,1-2H3. The van der Waals surface area contributed by atoms with E-state index in [4.69, 9.17) is 4.74 Å². The molecule has 1 aromatic heterocycles. The Morgan fingerprint density at radius 3 is 2.56 bits per heavy atom. The third-order valence-electron chi connectivity index (χ3n) is 5.18. The van der Waals surface area contributed by atoms with Gasteiger partial charge in [-0.25, -0.2) is 4.68 Å². The lowest BCUT2D eigenvalue weighted by molar-refractivity contribution is -0.137. The molecule has 4 rings (SSSR count). The highest BCUT2D eigenvalue weighted by molar-refractivity contribution is 6.05. The summed E-state index contributed by atoms with van der Waals surface area (Å²) in [6, 6.07) is 11.4. The van der Waals surface area contributed by atoms with Gasteiger partial charge in [-0.3, -0.25) is 9.59 Å². The summed E-state index contributed by atoms with van der Waals surface area (Å²) < 4.78 is 47.3. The Kier molecular flexibility index (Phi) is 5.50. The summed E-state index contributed by atoms with van der Waals surface area (Å²) in [4.78, 5) is 27.5. The van der Waals surface area contributed by atoms with Crippen molar-refractivity contribution in [1.82, 2.24) is 9.78 Å². The predicted octanol–water partition coefficient (Wildman–Crippen LogP) is 4.30. The van der Waals surface area contributed by atoms with E-state index in [0.29, 0.717) is 24.5 Å². The zero-order valence-corrected chi connectivity index (χ0v) is 17.4. The number of carbonyl (C=O) groups is 1. The molecule has 0 saturated heterocycles. The molecule has 2 heterocycles. The first-order valence-corrected chi connectivity index (χ1v) is 9.99. The number of rotatable bonds is 2. The number of anilines is 1. The second-order valence-electron chi connectivity index (χ2n) is 7.56. The van der Waals surface area contributed by atoms with Crippen molar-refractivity contribution in [3.63, 3.8) is 0 Å². The van der Waals surface area contributed by atoms with Crippen molar-refractivity contribution in [2.45, 2.75) is 26.4 Å². The third-order valence-corrected chi connectivity index (χ3v) is 5.18. The van der Waals surface area contributed by atoms with E-state index < -0.39 is 28.8 Å². The van der Waals surface area contributed by atoms with Gasteiger partial charge in [-0.15, -0.1) is 0 Å². The number of hydrogen-bond donors (Lipinski definition) is 0. The summed E-state index contributed by atoms with van der Waals surface area (Å²) in [6.45, 7) is 4.00. The monoisotopic (exact) mass is 443 g/mol. The lowest BCUT2D eigenvalue weighted by Gasteiger charge is -2.22. The second kappa shape index (κ2) is 8.14. The number of benzene rings is 2. The van der Waals surface area contributed by atoms with E-state index in [1.165, 1.54) is 30.0 Å². The van der Waals surface area contributed by atoms with Crippen LogP contribution in [0, 0.1) is 13.8 Å². The number of ether oxygens (including phenoxy) is 1. The summed E-state index contributed by atoms with van der Waals surface area (Å²) in [5, 5.41) is 4.09. The van der Waals surface area contributed by atoms with E-state index in [-0.39, 0.29) is 17.9 Å². The number of fused-ring (bicyclic) bond motifs is 1. The molecule has 1 amide bonds. The molecule has 0 fully saturated rings. The van der Waals surface area contributed by atoms with Crippen molar-refractivity contribution in [2.24, 2.45) is 0 Å². The van der Waals surface area contributed by atoms with E-state index in [2.05, 4.69) is 5.10 Å². The van der Waals surface area contributed by atoms with Crippen molar-refractivity contribution >= 4 is 11.6 Å². The Morgan fingerprint density at radius 2 is 1.81 bits per heavy atom. The number of aromatic nitrogens is 2. The molecule has 6 nitrogen and oxygen atoms in total. The van der Waals surface area contributed by atoms with Gasteiger partial charge in [0.05, 0.1) is 23.5 Å². The van der Waals surface area contributed by atoms with Crippen molar-refractivity contribution in [2.75, 3.05) is 18.1 Å². The number of aryl methyl sites for hydroxylation is 2. The highest BCUT2D eigenvalue weighted by Gasteiger charge is 2.34. The largest absolute Gasteiger partial charge is 0.491 e. The molecule has 1 aliphatic heterocycles. The van der Waals surface area contributed by atoms with E-state index in [0.717, 1.165) is 22.4 Å². The van der Waals surface area contributed by atoms with Gasteiger partial charge in [0, 0.05) is 18.3 Å². The van der Waals surface area contributed by atoms with Gasteiger partial charge in [0.1, 0.15) is 5.75 Å². The van der Waals surface area contributed by atoms with Crippen molar-refractivity contribution < 1.29 is 22.7 Å². The highest BCUT2D eigenvalue weighted by atomic mass is 19.4. The average molecular weight is 443 g/mol. The number of alkyl halides is 3. The molecule has 2 aromatic carbocycles. The third kappa shape index (κ3) is 3.98. The van der Waals surface area contributed by atoms with Crippen LogP contribution in [0.25, 0.3) is 5.69 Å². The number of halogens is 3. The Balaban J connectivity index is 1.85. The molecule has 9 heteroatoms. The van der Waals surface area contributed by atoms with Crippen molar-refractivity contribution in [3.05, 3.63) is 81.3 Å². The number of hydrogen-bond acceptors (Lipinski definition) is 4. The van der Waals surface area contributed by atoms with Gasteiger partial charge in [-0.1, -0.05) is 18.2 Å². The van der Waals surface area contributed by atoms with Crippen LogP contribution in [0.3, 0.4) is 0 Å². The fraction of sp³-hybridized carbons (Fsp3) is 0.261. The van der Waals surface area contributed by atoms with Gasteiger partial charge in [0.25, 0.3) is 5.91 Å². The maximum Gasteiger partial charge on any atom is 0.418 e. The molecule has 0 aliphatic carbocycles. The lowest BCUT2D eigenvalue weighted by Crippen LogP contribution is -2.37. The fourth-order valence-electron chi connectivity index (χ4n) is 3.66. The minimum Gasteiger partial charge on any atom is -0.491 e. The molecular weight excluding hydrogens is 423 g/mol. The minimum atomic E-state index is -4.63. The quantitative estimate of drug-likeness (QED) is 0.593. The van der Waals surface area contributed by atoms with Gasteiger partial charge in [-0.2, -0.15) is 18.3 Å². The predicted molar refractivity (Wildman–Crippen MR) is 113 cm³/mol. The molecule has 0 spiro atoms. The van der Waals surface area contributed by atoms with Crippen LogP contribution in [-0.4, -0.2) is 28.8 Å². The van der Waals surface area contributed by atoms with Crippen LogP contribution in [0.2, 0.25) is 0 Å². The average Bonchev–Trinajstić information content (AvgIpc) is 2.95. The van der Waals surface area contributed by atoms with E-state index in [1.54, 1.807) is 12.1 Å². The van der Waals surface area contributed by atoms with Crippen LogP contribution < -0.4 is 15.1 Å². The summed E-state index contributed by atoms with van der Waals surface area (Å²) in [5.74, 6) is -0.193. The molecule has 0 bridgehead atoms. The van der Waals surface area contributed by atoms with Crippen LogP contribution >= 0.6 is 0 Å². The summed E-state index contributed by atoms with van der Waals surface area (Å²) >= 11 is 0. The highest BCUT2D eigenvalue weighted by Crippen LogP contribution is 2.34. The summed E-state index contributed by atoms with van der Waals surface area (Å²) in [7, 11) is 0. The fourth-order valence-corrected chi connectivity index (χ4v) is 3.66. The maximum absolute atomic E-state index is 13.6. The Morgan fingerprint density at radius 1 is 1.06 bits per heavy atom. The molecule has 166 valence electrons. The molecular formula is C23H20F3N3O3. The van der Waals surface area contributed by atoms with Crippen molar-refractivity contribution in [3.8, 4) is 11.4 Å². The van der Waals surface area contributed by atoms with Gasteiger partial charge >= 0.3 is 6.18 Å². The first-order chi connectivity index (χ1) is 15.2. The minimum absolute atomic E-state index is 0.179. The van der Waals surface area contributed by atoms with Gasteiger partial charge < -0.3 is 9.64 Å². The normalized spacial score (nSPS) is 13.8. The van der Waals surface area contributed by atoms with E-state index >= 15 is 0 Å². The van der Waals surface area contributed by atoms with Crippen LogP contribution in [0.4, 0.5) is 18.9 Å². The van der Waals surface area contributed by atoms with E-state index in [1.807, 2.05) is 13.0 Å². The van der Waals surface area contributed by atoms with Crippen LogP contribution in [0.1, 0.15) is 33.7 Å². The second-order valence-corrected chi connectivity index (χ2v) is 7.56. The SMILES string of the molecule is Cc1ccc2c(c1)N(C(=O)c1nn(-c3ccccc3C(F)(F)F)c(C)cc1=O)CCCO2. The first-order valence-electron chi connectivity index (χ1n) is 9.99. The molecule has 0 saturated carbocycles. The van der Waals surface area contributed by atoms with Gasteiger partial charge in [0.15, 0.2) is 5.69 Å². The Bertz CT molecular complexity index is 1250. The molecule has 3 aromatic rings. The summed E-state index contributed by atoms with van der Waals surface area (Å²) in [5.41, 5.74) is -0.728. The zero-order chi connectivity index (χ0) is 23.0. The number of amides is 1. The smallest absolute Gasteiger partial charge is 0.418 e. The van der Waals surface area contributed by atoms with Gasteiger partial charge in [-0.05, 0) is 50.1 Å². The lowest BCUT2D eigenvalue weighted by atomic mass is 10.1. The van der Waals surface area contributed by atoms with Crippen LogP contribution in [-0.2, 0) is 6.18 Å². The molecule has 0 radical (unpaired) electrons. The Labute approximate surface area is 181 Å². The number of para-hydroxylation sites is 1. The first kappa shape index (κ1) is 21.6. The molecule has 1 aliphatic rings. The van der Waals surface area contributed by atoms with Crippen LogP contribution in [0.5, 0.6) is 5.75 Å². The van der Waals surface area contributed by atoms with Crippen LogP contribution in [0.15, 0.2) is 53.3 Å². The van der Waals surface area contributed by atoms with E-state index in [9.17, 15) is 22.8 Å². The molecule has 0 N–H and O–H groups in total. The molecule has 0 unspecified atom stereocenters. The summed E-state index contributed by atoms with van der Waals surface area (Å²) in [6.07, 6.45) is -4.10. The number of carbonyl (C=O) groups excluding carboxylic acids is 1. The maximum atomic E-state index is 13.6. The Hall–Kier alpha value is -3.62. The molecule has 0 atom stereocenters.